The molecule has 0 saturated carbocycles. The molecule has 6 rings (SSSR count). The number of piperazine rings is 1. The Morgan fingerprint density at radius 1 is 0.837 bits per heavy atom. The Bertz CT molecular complexity index is 1660. The predicted molar refractivity (Wildman–Crippen MR) is 175 cm³/mol. The molecule has 2 amide bonds. The van der Waals surface area contributed by atoms with Gasteiger partial charge in [0.15, 0.2) is 0 Å². The highest BCUT2D eigenvalue weighted by Crippen LogP contribution is 2.32. The van der Waals surface area contributed by atoms with Crippen molar-refractivity contribution in [2.24, 2.45) is 0 Å². The average molecular weight is 577 g/mol. The number of aromatic nitrogens is 1. The van der Waals surface area contributed by atoms with Crippen molar-refractivity contribution in [3.8, 4) is 11.1 Å². The standard InChI is InChI=1S/C35H40N6O2/c1-4-39(5-2)18-21-41-15-14-27-22-25(7-13-33(27)41)26-6-12-30-31(23-26)32(35(43)37-34(30)42)24-36-28-8-10-29(11-9-28)40-19-16-38(3)17-20-40/h6-15,22-24,36H,4-5,16-21H2,1-3H3,(H,37,42,43)/b32-24-. The molecule has 0 aliphatic carbocycles. The van der Waals surface area contributed by atoms with Crippen LogP contribution in [0.5, 0.6) is 0 Å². The summed E-state index contributed by atoms with van der Waals surface area (Å²) in [4.78, 5) is 32.9. The van der Waals surface area contributed by atoms with E-state index in [0.29, 0.717) is 16.7 Å². The summed E-state index contributed by atoms with van der Waals surface area (Å²) < 4.78 is 2.30. The maximum Gasteiger partial charge on any atom is 0.260 e. The van der Waals surface area contributed by atoms with Crippen molar-refractivity contribution < 1.29 is 9.59 Å². The summed E-state index contributed by atoms with van der Waals surface area (Å²) in [7, 11) is 2.15. The number of anilines is 2. The van der Waals surface area contributed by atoms with E-state index >= 15 is 0 Å². The normalized spacial score (nSPS) is 16.7. The van der Waals surface area contributed by atoms with Gasteiger partial charge in [0.05, 0.1) is 5.57 Å². The number of benzene rings is 3. The van der Waals surface area contributed by atoms with Crippen LogP contribution in [0.2, 0.25) is 0 Å². The van der Waals surface area contributed by atoms with Gasteiger partial charge in [0.2, 0.25) is 0 Å². The van der Waals surface area contributed by atoms with Crippen LogP contribution in [0.4, 0.5) is 11.4 Å². The number of hydrogen-bond donors (Lipinski definition) is 2. The number of nitrogens with zero attached hydrogens (tertiary/aromatic N) is 4. The number of likely N-dealkylation sites (N-methyl/N-ethyl adjacent to an activating group) is 2. The van der Waals surface area contributed by atoms with Crippen molar-refractivity contribution in [1.82, 2.24) is 19.7 Å². The number of amides is 2. The van der Waals surface area contributed by atoms with Crippen LogP contribution >= 0.6 is 0 Å². The molecule has 8 heteroatoms. The minimum absolute atomic E-state index is 0.374. The molecule has 2 N–H and O–H groups in total. The van der Waals surface area contributed by atoms with E-state index in [1.54, 1.807) is 6.20 Å². The Balaban J connectivity index is 1.23. The average Bonchev–Trinajstić information content (AvgIpc) is 3.44. The molecular weight excluding hydrogens is 536 g/mol. The Hall–Kier alpha value is -4.40. The Morgan fingerprint density at radius 2 is 1.56 bits per heavy atom. The summed E-state index contributed by atoms with van der Waals surface area (Å²) in [6.07, 6.45) is 3.85. The van der Waals surface area contributed by atoms with Gasteiger partial charge in [-0.25, -0.2) is 0 Å². The smallest absolute Gasteiger partial charge is 0.260 e. The van der Waals surface area contributed by atoms with Gasteiger partial charge in [-0.05, 0) is 85.9 Å². The summed E-state index contributed by atoms with van der Waals surface area (Å²) in [5.41, 5.74) is 6.83. The molecule has 0 spiro atoms. The van der Waals surface area contributed by atoms with E-state index in [1.165, 1.54) is 16.6 Å². The minimum Gasteiger partial charge on any atom is -0.369 e. The molecule has 3 aromatic carbocycles. The summed E-state index contributed by atoms with van der Waals surface area (Å²) in [6.45, 7) is 12.6. The lowest BCUT2D eigenvalue weighted by Gasteiger charge is -2.34. The van der Waals surface area contributed by atoms with E-state index in [9.17, 15) is 9.59 Å². The molecule has 8 nitrogen and oxygen atoms in total. The third-order valence-electron chi connectivity index (χ3n) is 8.80. The molecule has 222 valence electrons. The molecule has 2 aliphatic rings. The van der Waals surface area contributed by atoms with Crippen LogP contribution in [-0.4, -0.2) is 79.0 Å². The summed E-state index contributed by atoms with van der Waals surface area (Å²) in [6, 6.07) is 22.6. The fourth-order valence-electron chi connectivity index (χ4n) is 6.00. The lowest BCUT2D eigenvalue weighted by atomic mass is 9.91. The molecule has 0 radical (unpaired) electrons. The predicted octanol–water partition coefficient (Wildman–Crippen LogP) is 5.12. The fourth-order valence-corrected chi connectivity index (χ4v) is 6.00. The first-order valence-electron chi connectivity index (χ1n) is 15.3. The lowest BCUT2D eigenvalue weighted by molar-refractivity contribution is -0.114. The molecular formula is C35H40N6O2. The van der Waals surface area contributed by atoms with E-state index in [4.69, 9.17) is 0 Å². The van der Waals surface area contributed by atoms with Gasteiger partial charge in [0.25, 0.3) is 11.8 Å². The second-order valence-corrected chi connectivity index (χ2v) is 11.4. The highest BCUT2D eigenvalue weighted by Gasteiger charge is 2.27. The Labute approximate surface area is 253 Å². The van der Waals surface area contributed by atoms with Crippen LogP contribution in [0.25, 0.3) is 27.6 Å². The van der Waals surface area contributed by atoms with Crippen molar-refractivity contribution in [3.05, 3.63) is 90.3 Å². The summed E-state index contributed by atoms with van der Waals surface area (Å²) >= 11 is 0. The number of rotatable bonds is 9. The van der Waals surface area contributed by atoms with Crippen molar-refractivity contribution in [2.45, 2.75) is 20.4 Å². The Morgan fingerprint density at radius 3 is 2.30 bits per heavy atom. The first-order valence-corrected chi connectivity index (χ1v) is 15.3. The number of imide groups is 1. The van der Waals surface area contributed by atoms with Gasteiger partial charge < -0.3 is 24.6 Å². The SMILES string of the molecule is CCN(CC)CCn1ccc2cc(-c3ccc4c(c3)/C(=C/Nc3ccc(N5CCN(C)CC5)cc3)C(=O)NC4=O)ccc21. The maximum absolute atomic E-state index is 13.0. The van der Waals surface area contributed by atoms with Gasteiger partial charge >= 0.3 is 0 Å². The van der Waals surface area contributed by atoms with E-state index in [-0.39, 0.29) is 5.91 Å². The Kier molecular flexibility index (Phi) is 8.31. The second-order valence-electron chi connectivity index (χ2n) is 11.4. The zero-order valence-electron chi connectivity index (χ0n) is 25.3. The van der Waals surface area contributed by atoms with Gasteiger partial charge in [-0.15, -0.1) is 0 Å². The van der Waals surface area contributed by atoms with Crippen molar-refractivity contribution >= 4 is 39.7 Å². The van der Waals surface area contributed by atoms with E-state index in [2.05, 4.69) is 93.4 Å². The highest BCUT2D eigenvalue weighted by atomic mass is 16.2. The number of hydrogen-bond acceptors (Lipinski definition) is 6. The van der Waals surface area contributed by atoms with Crippen LogP contribution in [0.3, 0.4) is 0 Å². The molecule has 0 bridgehead atoms. The zero-order chi connectivity index (χ0) is 29.9. The van der Waals surface area contributed by atoms with E-state index < -0.39 is 5.91 Å². The number of carbonyl (C=O) groups excluding carboxylic acids is 2. The van der Waals surface area contributed by atoms with Crippen molar-refractivity contribution in [2.75, 3.05) is 63.1 Å². The summed E-state index contributed by atoms with van der Waals surface area (Å²) in [5.74, 6) is -0.780. The van der Waals surface area contributed by atoms with Gasteiger partial charge in [0.1, 0.15) is 0 Å². The van der Waals surface area contributed by atoms with Crippen LogP contribution in [0.1, 0.15) is 29.8 Å². The molecule has 0 unspecified atom stereocenters. The first kappa shape index (κ1) is 28.7. The van der Waals surface area contributed by atoms with Gasteiger partial charge in [-0.2, -0.15) is 0 Å². The molecule has 1 saturated heterocycles. The molecule has 43 heavy (non-hydrogen) atoms. The molecule has 3 heterocycles. The van der Waals surface area contributed by atoms with Crippen LogP contribution in [0.15, 0.2) is 79.1 Å². The third-order valence-corrected chi connectivity index (χ3v) is 8.80. The highest BCUT2D eigenvalue weighted by molar-refractivity contribution is 6.31. The van der Waals surface area contributed by atoms with Crippen LogP contribution in [0, 0.1) is 0 Å². The molecule has 1 fully saturated rings. The first-order chi connectivity index (χ1) is 20.9. The van der Waals surface area contributed by atoms with Crippen LogP contribution < -0.4 is 15.5 Å². The molecule has 2 aliphatic heterocycles. The second kappa shape index (κ2) is 12.5. The van der Waals surface area contributed by atoms with Gasteiger partial charge in [-0.3, -0.25) is 14.9 Å². The quantitative estimate of drug-likeness (QED) is 0.213. The summed E-state index contributed by atoms with van der Waals surface area (Å²) in [5, 5.41) is 6.94. The van der Waals surface area contributed by atoms with Crippen molar-refractivity contribution in [3.63, 3.8) is 0 Å². The number of fused-ring (bicyclic) bond motifs is 2. The van der Waals surface area contributed by atoms with E-state index in [0.717, 1.165) is 69.2 Å². The number of nitrogens with one attached hydrogen (secondary N) is 2. The largest absolute Gasteiger partial charge is 0.369 e. The monoisotopic (exact) mass is 576 g/mol. The topological polar surface area (TPSA) is 72.8 Å². The molecule has 4 aromatic rings. The van der Waals surface area contributed by atoms with Crippen LogP contribution in [-0.2, 0) is 11.3 Å². The minimum atomic E-state index is -0.406. The van der Waals surface area contributed by atoms with Crippen molar-refractivity contribution in [1.29, 1.82) is 0 Å². The van der Waals surface area contributed by atoms with E-state index in [1.807, 2.05) is 30.3 Å². The lowest BCUT2D eigenvalue weighted by Crippen LogP contribution is -2.44. The molecule has 0 atom stereocenters. The van der Waals surface area contributed by atoms with Gasteiger partial charge in [0, 0.05) is 85.1 Å². The van der Waals surface area contributed by atoms with Gasteiger partial charge in [-0.1, -0.05) is 26.0 Å². The zero-order valence-corrected chi connectivity index (χ0v) is 25.3. The number of carbonyl (C=O) groups is 2. The maximum atomic E-state index is 13.0. The fraction of sp³-hybridized carbons (Fsp3) is 0.314. The third kappa shape index (κ3) is 6.07. The molecule has 1 aromatic heterocycles.